The Morgan fingerprint density at radius 1 is 1.16 bits per heavy atom. The molecule has 4 rings (SSSR count). The molecule has 2 aromatic rings. The van der Waals surface area contributed by atoms with Crippen molar-refractivity contribution in [1.29, 1.82) is 0 Å². The van der Waals surface area contributed by atoms with Crippen LogP contribution in [0.3, 0.4) is 0 Å². The van der Waals surface area contributed by atoms with Crippen LogP contribution in [0.15, 0.2) is 34.0 Å². The number of carbonyl (C=O) groups is 2. The minimum atomic E-state index is -5.08. The Morgan fingerprint density at radius 3 is 2.41 bits per heavy atom. The summed E-state index contributed by atoms with van der Waals surface area (Å²) in [6.45, 7) is 4.86. The molecule has 15 heteroatoms. The Balaban J connectivity index is 0.000000479. The quantitative estimate of drug-likeness (QED) is 0.460. The first-order chi connectivity index (χ1) is 17.4. The zero-order valence-corrected chi connectivity index (χ0v) is 21.3. The molecule has 0 radical (unpaired) electrons. The van der Waals surface area contributed by atoms with Gasteiger partial charge in [-0.3, -0.25) is 4.72 Å². The van der Waals surface area contributed by atoms with Gasteiger partial charge in [-0.25, -0.2) is 23.0 Å². The van der Waals surface area contributed by atoms with Crippen molar-refractivity contribution in [2.24, 2.45) is 5.92 Å². The van der Waals surface area contributed by atoms with Gasteiger partial charge in [0.2, 0.25) is 0 Å². The Bertz CT molecular complexity index is 1190. The molecule has 3 N–H and O–H groups in total. The van der Waals surface area contributed by atoms with E-state index in [1.165, 1.54) is 31.2 Å². The minimum absolute atomic E-state index is 0.0169. The van der Waals surface area contributed by atoms with Crippen LogP contribution in [0.2, 0.25) is 0 Å². The topological polar surface area (TPSA) is 140 Å². The van der Waals surface area contributed by atoms with Crippen molar-refractivity contribution in [3.8, 4) is 0 Å². The van der Waals surface area contributed by atoms with E-state index < -0.39 is 28.1 Å². The highest BCUT2D eigenvalue weighted by Crippen LogP contribution is 2.29. The first-order valence-corrected chi connectivity index (χ1v) is 13.8. The number of aromatic nitrogens is 1. The second-order valence-corrected chi connectivity index (χ2v) is 11.6. The number of hydrogen-bond donors (Lipinski definition) is 3. The van der Waals surface area contributed by atoms with Crippen molar-refractivity contribution in [2.45, 2.75) is 36.1 Å². The third kappa shape index (κ3) is 8.04. The SMILES string of the molecule is O=C(O)C(F)(F)F.O=C(O)c1cc(NS(=O)(=O)c2cccs2)cnc1N1CCCC(CN2CCCC2)C1. The Hall–Kier alpha value is -2.91. The summed E-state index contributed by atoms with van der Waals surface area (Å²) in [5.41, 5.74) is 0.165. The van der Waals surface area contributed by atoms with Gasteiger partial charge in [0.15, 0.2) is 0 Å². The average molecular weight is 565 g/mol. The minimum Gasteiger partial charge on any atom is -0.478 e. The number of carboxylic acid groups (broad SMARTS) is 2. The number of thiophene rings is 1. The fraction of sp³-hybridized carbons (Fsp3) is 0.500. The molecule has 0 aromatic carbocycles. The van der Waals surface area contributed by atoms with E-state index in [9.17, 15) is 31.5 Å². The van der Waals surface area contributed by atoms with E-state index in [-0.39, 0.29) is 15.5 Å². The molecule has 0 amide bonds. The van der Waals surface area contributed by atoms with Crippen LogP contribution in [0, 0.1) is 5.92 Å². The standard InChI is InChI=1S/C20H26N4O4S2.C2HF3O2/c25-20(26)17-11-16(22-30(27,28)18-6-4-10-29-18)12-21-19(17)24-9-3-5-15(14-24)13-23-7-1-2-8-23;3-2(4,5)1(6)7/h4,6,10-12,15,22H,1-3,5,7-9,13-14H2,(H,25,26);(H,6,7). The first kappa shape index (κ1) is 28.7. The van der Waals surface area contributed by atoms with Crippen LogP contribution in [0.25, 0.3) is 0 Å². The molecule has 2 fully saturated rings. The average Bonchev–Trinajstić information content (AvgIpc) is 3.54. The van der Waals surface area contributed by atoms with Crippen molar-refractivity contribution in [3.05, 3.63) is 35.3 Å². The lowest BCUT2D eigenvalue weighted by atomic mass is 9.97. The third-order valence-corrected chi connectivity index (χ3v) is 8.66. The summed E-state index contributed by atoms with van der Waals surface area (Å²) in [5, 5.41) is 18.5. The second-order valence-electron chi connectivity index (χ2n) is 8.70. The van der Waals surface area contributed by atoms with Crippen LogP contribution in [0.1, 0.15) is 36.0 Å². The lowest BCUT2D eigenvalue weighted by Crippen LogP contribution is -2.41. The molecule has 0 bridgehead atoms. The van der Waals surface area contributed by atoms with Gasteiger partial charge in [-0.2, -0.15) is 13.2 Å². The summed E-state index contributed by atoms with van der Waals surface area (Å²) < 4.78 is 59.2. The summed E-state index contributed by atoms with van der Waals surface area (Å²) in [5.74, 6) is -2.98. The largest absolute Gasteiger partial charge is 0.490 e. The van der Waals surface area contributed by atoms with Crippen LogP contribution < -0.4 is 9.62 Å². The van der Waals surface area contributed by atoms with E-state index in [1.807, 2.05) is 4.90 Å². The highest BCUT2D eigenvalue weighted by atomic mass is 32.2. The number of halogens is 3. The number of nitrogens with zero attached hydrogens (tertiary/aromatic N) is 3. The predicted molar refractivity (Wildman–Crippen MR) is 131 cm³/mol. The maximum Gasteiger partial charge on any atom is 0.490 e. The van der Waals surface area contributed by atoms with Crippen molar-refractivity contribution < 1.29 is 41.4 Å². The number of alkyl halides is 3. The maximum atomic E-state index is 12.4. The number of pyridine rings is 1. The monoisotopic (exact) mass is 564 g/mol. The number of piperidine rings is 1. The van der Waals surface area contributed by atoms with Gasteiger partial charge in [-0.05, 0) is 62.2 Å². The van der Waals surface area contributed by atoms with E-state index in [0.717, 1.165) is 56.9 Å². The van der Waals surface area contributed by atoms with Gasteiger partial charge in [-0.15, -0.1) is 11.3 Å². The number of nitrogens with one attached hydrogen (secondary N) is 1. The van der Waals surface area contributed by atoms with E-state index >= 15 is 0 Å². The molecule has 2 aliphatic heterocycles. The first-order valence-electron chi connectivity index (χ1n) is 11.4. The fourth-order valence-electron chi connectivity index (χ4n) is 4.28. The van der Waals surface area contributed by atoms with Crippen molar-refractivity contribution >= 4 is 44.8 Å². The zero-order chi connectivity index (χ0) is 27.2. The number of hydrogen-bond acceptors (Lipinski definition) is 8. The summed E-state index contributed by atoms with van der Waals surface area (Å²) >= 11 is 1.10. The molecule has 2 saturated heterocycles. The number of rotatable bonds is 7. The van der Waals surface area contributed by atoms with Gasteiger partial charge in [0.05, 0.1) is 11.9 Å². The highest BCUT2D eigenvalue weighted by Gasteiger charge is 2.38. The van der Waals surface area contributed by atoms with E-state index in [1.54, 1.807) is 11.4 Å². The molecule has 1 unspecified atom stereocenters. The van der Waals surface area contributed by atoms with E-state index in [2.05, 4.69) is 14.6 Å². The number of anilines is 2. The maximum absolute atomic E-state index is 12.4. The van der Waals surface area contributed by atoms with Gasteiger partial charge in [0.1, 0.15) is 15.6 Å². The Morgan fingerprint density at radius 2 is 1.84 bits per heavy atom. The Kier molecular flexibility index (Phi) is 9.36. The van der Waals surface area contributed by atoms with Gasteiger partial charge in [0, 0.05) is 19.6 Å². The zero-order valence-electron chi connectivity index (χ0n) is 19.6. The molecular formula is C22H27F3N4O6S2. The van der Waals surface area contributed by atoms with E-state index in [4.69, 9.17) is 9.90 Å². The Labute approximate surface area is 215 Å². The molecule has 1 atom stereocenters. The molecular weight excluding hydrogens is 537 g/mol. The van der Waals surface area contributed by atoms with E-state index in [0.29, 0.717) is 11.7 Å². The fourth-order valence-corrected chi connectivity index (χ4v) is 6.31. The highest BCUT2D eigenvalue weighted by molar-refractivity contribution is 7.94. The molecule has 37 heavy (non-hydrogen) atoms. The number of aromatic carboxylic acids is 1. The molecule has 0 saturated carbocycles. The van der Waals surface area contributed by atoms with Gasteiger partial charge in [0.25, 0.3) is 10.0 Å². The van der Waals surface area contributed by atoms with Crippen LogP contribution in [-0.4, -0.2) is 79.4 Å². The summed E-state index contributed by atoms with van der Waals surface area (Å²) in [7, 11) is -3.76. The normalized spacial score (nSPS) is 18.7. The molecule has 4 heterocycles. The van der Waals surface area contributed by atoms with Crippen LogP contribution in [-0.2, 0) is 14.8 Å². The van der Waals surface area contributed by atoms with Gasteiger partial charge >= 0.3 is 18.1 Å². The second kappa shape index (κ2) is 12.1. The van der Waals surface area contributed by atoms with Crippen molar-refractivity contribution in [3.63, 3.8) is 0 Å². The predicted octanol–water partition coefficient (Wildman–Crippen LogP) is 3.59. The summed E-state index contributed by atoms with van der Waals surface area (Å²) in [6.07, 6.45) is 0.950. The van der Waals surface area contributed by atoms with Crippen LogP contribution in [0.5, 0.6) is 0 Å². The van der Waals surface area contributed by atoms with Gasteiger partial charge in [-0.1, -0.05) is 6.07 Å². The third-order valence-electron chi connectivity index (χ3n) is 5.89. The number of aliphatic carboxylic acids is 1. The molecule has 2 aromatic heterocycles. The molecule has 204 valence electrons. The number of carboxylic acids is 2. The van der Waals surface area contributed by atoms with Crippen molar-refractivity contribution in [2.75, 3.05) is 42.3 Å². The molecule has 0 aliphatic carbocycles. The molecule has 0 spiro atoms. The van der Waals surface area contributed by atoms with Crippen molar-refractivity contribution in [1.82, 2.24) is 9.88 Å². The number of sulfonamides is 1. The lowest BCUT2D eigenvalue weighted by Gasteiger charge is -2.36. The molecule has 10 nitrogen and oxygen atoms in total. The van der Waals surface area contributed by atoms with Crippen LogP contribution in [0.4, 0.5) is 24.7 Å². The summed E-state index contributed by atoms with van der Waals surface area (Å²) in [6, 6.07) is 4.51. The molecule has 2 aliphatic rings. The summed E-state index contributed by atoms with van der Waals surface area (Å²) in [4.78, 5) is 29.7. The van der Waals surface area contributed by atoms with Crippen LogP contribution >= 0.6 is 11.3 Å². The smallest absolute Gasteiger partial charge is 0.478 e. The number of likely N-dealkylation sites (tertiary alicyclic amines) is 1. The lowest BCUT2D eigenvalue weighted by molar-refractivity contribution is -0.192. The van der Waals surface area contributed by atoms with Gasteiger partial charge < -0.3 is 20.0 Å².